The van der Waals surface area contributed by atoms with Crippen LogP contribution in [0.2, 0.25) is 0 Å². The van der Waals surface area contributed by atoms with Crippen LogP contribution in [-0.2, 0) is 4.74 Å². The minimum absolute atomic E-state index is 0.149. The van der Waals surface area contributed by atoms with Gasteiger partial charge in [-0.2, -0.15) is 0 Å². The second-order valence-corrected chi connectivity index (χ2v) is 6.78. The van der Waals surface area contributed by atoms with E-state index in [9.17, 15) is 0 Å². The second kappa shape index (κ2) is 8.03. The number of rotatable bonds is 7. The van der Waals surface area contributed by atoms with Crippen LogP contribution in [0.3, 0.4) is 0 Å². The smallest absolute Gasteiger partial charge is 0.0472 e. The minimum Gasteiger partial charge on any atom is -0.382 e. The van der Waals surface area contributed by atoms with Crippen LogP contribution in [0.1, 0.15) is 45.6 Å². The molecule has 1 atom stereocenters. The molecule has 0 bridgehead atoms. The molecule has 1 rings (SSSR count). The minimum atomic E-state index is 0.149. The molecule has 0 aromatic heterocycles. The third-order valence-electron chi connectivity index (χ3n) is 3.01. The summed E-state index contributed by atoms with van der Waals surface area (Å²) < 4.78 is 6.65. The molecule has 1 N–H and O–H groups in total. The van der Waals surface area contributed by atoms with E-state index in [0.717, 1.165) is 30.7 Å². The Morgan fingerprint density at radius 2 is 2.05 bits per heavy atom. The Morgan fingerprint density at radius 1 is 1.32 bits per heavy atom. The first-order chi connectivity index (χ1) is 8.92. The molecule has 0 amide bonds. The van der Waals surface area contributed by atoms with Crippen molar-refractivity contribution in [3.63, 3.8) is 0 Å². The Balaban J connectivity index is 2.68. The van der Waals surface area contributed by atoms with Gasteiger partial charge in [-0.05, 0) is 57.7 Å². The van der Waals surface area contributed by atoms with Crippen LogP contribution in [0.15, 0.2) is 28.7 Å². The highest BCUT2D eigenvalue weighted by molar-refractivity contribution is 9.10. The Bertz CT molecular complexity index is 373. The average molecular weight is 328 g/mol. The maximum Gasteiger partial charge on any atom is 0.0472 e. The van der Waals surface area contributed by atoms with Crippen LogP contribution in [0.5, 0.6) is 0 Å². The van der Waals surface area contributed by atoms with Crippen molar-refractivity contribution < 1.29 is 4.74 Å². The molecule has 0 fully saturated rings. The van der Waals surface area contributed by atoms with E-state index in [0.29, 0.717) is 5.92 Å². The lowest BCUT2D eigenvalue weighted by molar-refractivity contribution is 0.138. The molecule has 0 spiro atoms. The molecule has 1 aromatic carbocycles. The summed E-state index contributed by atoms with van der Waals surface area (Å²) in [6.45, 7) is 11.2. The van der Waals surface area contributed by atoms with Crippen LogP contribution in [-0.4, -0.2) is 25.3 Å². The molecule has 1 unspecified atom stereocenters. The lowest BCUT2D eigenvalue weighted by Crippen LogP contribution is -2.38. The number of ether oxygens (including phenoxy) is 1. The zero-order chi connectivity index (χ0) is 14.3. The van der Waals surface area contributed by atoms with Gasteiger partial charge in [0.1, 0.15) is 0 Å². The fraction of sp³-hybridized carbons (Fsp3) is 0.625. The standard InChI is InChI=1S/C16H26BrNO/c1-5-19-10-9-14(12-18-16(2,3)4)13-7-6-8-15(17)11-13/h6-8,11,14,18H,5,9-10,12H2,1-4H3. The van der Waals surface area contributed by atoms with Gasteiger partial charge in [-0.15, -0.1) is 0 Å². The van der Waals surface area contributed by atoms with E-state index in [1.165, 1.54) is 5.56 Å². The summed E-state index contributed by atoms with van der Waals surface area (Å²) in [5.41, 5.74) is 1.52. The van der Waals surface area contributed by atoms with E-state index in [4.69, 9.17) is 4.74 Å². The Hall–Kier alpha value is -0.380. The molecular weight excluding hydrogens is 302 g/mol. The third-order valence-corrected chi connectivity index (χ3v) is 3.51. The van der Waals surface area contributed by atoms with Gasteiger partial charge in [0.05, 0.1) is 0 Å². The van der Waals surface area contributed by atoms with E-state index < -0.39 is 0 Å². The van der Waals surface area contributed by atoms with Crippen LogP contribution in [0.25, 0.3) is 0 Å². The zero-order valence-electron chi connectivity index (χ0n) is 12.5. The Labute approximate surface area is 126 Å². The first-order valence-corrected chi connectivity index (χ1v) is 7.80. The van der Waals surface area contributed by atoms with Crippen molar-refractivity contribution in [2.75, 3.05) is 19.8 Å². The highest BCUT2D eigenvalue weighted by Gasteiger charge is 2.16. The molecule has 0 saturated heterocycles. The fourth-order valence-electron chi connectivity index (χ4n) is 1.95. The highest BCUT2D eigenvalue weighted by Crippen LogP contribution is 2.23. The first kappa shape index (κ1) is 16.7. The summed E-state index contributed by atoms with van der Waals surface area (Å²) in [6.07, 6.45) is 1.05. The van der Waals surface area contributed by atoms with Crippen LogP contribution in [0, 0.1) is 0 Å². The molecule has 19 heavy (non-hydrogen) atoms. The van der Waals surface area contributed by atoms with E-state index in [1.54, 1.807) is 0 Å². The summed E-state index contributed by atoms with van der Waals surface area (Å²) >= 11 is 3.55. The Morgan fingerprint density at radius 3 is 2.63 bits per heavy atom. The van der Waals surface area contributed by atoms with Crippen LogP contribution >= 0.6 is 15.9 Å². The molecule has 0 aliphatic heterocycles. The average Bonchev–Trinajstić information content (AvgIpc) is 2.32. The van der Waals surface area contributed by atoms with Gasteiger partial charge in [0, 0.05) is 29.8 Å². The number of nitrogens with one attached hydrogen (secondary N) is 1. The molecule has 0 heterocycles. The highest BCUT2D eigenvalue weighted by atomic mass is 79.9. The topological polar surface area (TPSA) is 21.3 Å². The molecular formula is C16H26BrNO. The van der Waals surface area contributed by atoms with Gasteiger partial charge in [-0.1, -0.05) is 28.1 Å². The van der Waals surface area contributed by atoms with Gasteiger partial charge in [0.25, 0.3) is 0 Å². The summed E-state index contributed by atoms with van der Waals surface area (Å²) in [7, 11) is 0. The van der Waals surface area contributed by atoms with Gasteiger partial charge in [-0.3, -0.25) is 0 Å². The molecule has 2 nitrogen and oxygen atoms in total. The van der Waals surface area contributed by atoms with Gasteiger partial charge < -0.3 is 10.1 Å². The molecule has 0 saturated carbocycles. The van der Waals surface area contributed by atoms with Crippen molar-refractivity contribution in [2.24, 2.45) is 0 Å². The maximum absolute atomic E-state index is 5.51. The summed E-state index contributed by atoms with van der Waals surface area (Å²) in [5.74, 6) is 0.489. The number of hydrogen-bond donors (Lipinski definition) is 1. The molecule has 3 heteroatoms. The van der Waals surface area contributed by atoms with E-state index in [-0.39, 0.29) is 5.54 Å². The number of halogens is 1. The lowest BCUT2D eigenvalue weighted by atomic mass is 9.95. The number of hydrogen-bond acceptors (Lipinski definition) is 2. The van der Waals surface area contributed by atoms with Crippen molar-refractivity contribution in [1.29, 1.82) is 0 Å². The third kappa shape index (κ3) is 7.09. The van der Waals surface area contributed by atoms with Crippen molar-refractivity contribution >= 4 is 15.9 Å². The van der Waals surface area contributed by atoms with E-state index in [1.807, 2.05) is 6.92 Å². The molecule has 0 aliphatic carbocycles. The van der Waals surface area contributed by atoms with E-state index in [2.05, 4.69) is 66.3 Å². The van der Waals surface area contributed by atoms with Gasteiger partial charge in [-0.25, -0.2) is 0 Å². The predicted molar refractivity (Wildman–Crippen MR) is 85.7 cm³/mol. The molecule has 1 aromatic rings. The quantitative estimate of drug-likeness (QED) is 0.752. The van der Waals surface area contributed by atoms with Crippen LogP contribution < -0.4 is 5.32 Å². The number of benzene rings is 1. The largest absolute Gasteiger partial charge is 0.382 e. The molecule has 108 valence electrons. The lowest BCUT2D eigenvalue weighted by Gasteiger charge is -2.25. The summed E-state index contributed by atoms with van der Waals surface area (Å²) in [5, 5.41) is 3.60. The summed E-state index contributed by atoms with van der Waals surface area (Å²) in [6, 6.07) is 8.58. The zero-order valence-corrected chi connectivity index (χ0v) is 14.1. The van der Waals surface area contributed by atoms with Crippen molar-refractivity contribution in [2.45, 2.75) is 45.6 Å². The van der Waals surface area contributed by atoms with Crippen LogP contribution in [0.4, 0.5) is 0 Å². The van der Waals surface area contributed by atoms with E-state index >= 15 is 0 Å². The SMILES string of the molecule is CCOCCC(CNC(C)(C)C)c1cccc(Br)c1. The Kier molecular flexibility index (Phi) is 7.05. The maximum atomic E-state index is 5.51. The second-order valence-electron chi connectivity index (χ2n) is 5.87. The van der Waals surface area contributed by atoms with Crippen molar-refractivity contribution in [3.8, 4) is 0 Å². The monoisotopic (exact) mass is 327 g/mol. The summed E-state index contributed by atoms with van der Waals surface area (Å²) in [4.78, 5) is 0. The first-order valence-electron chi connectivity index (χ1n) is 7.00. The van der Waals surface area contributed by atoms with Gasteiger partial charge >= 0.3 is 0 Å². The fourth-order valence-corrected chi connectivity index (χ4v) is 2.36. The van der Waals surface area contributed by atoms with Crippen molar-refractivity contribution in [3.05, 3.63) is 34.3 Å². The van der Waals surface area contributed by atoms with Gasteiger partial charge in [0.15, 0.2) is 0 Å². The normalized spacial score (nSPS) is 13.5. The molecule has 0 radical (unpaired) electrons. The van der Waals surface area contributed by atoms with Crippen molar-refractivity contribution in [1.82, 2.24) is 5.32 Å². The predicted octanol–water partition coefficient (Wildman–Crippen LogP) is 4.35. The molecule has 0 aliphatic rings. The van der Waals surface area contributed by atoms with Gasteiger partial charge in [0.2, 0.25) is 0 Å².